The normalized spacial score (nSPS) is 6.80. The SMILES string of the molecule is O=[S-](=O)O.[Rb+]. The Labute approximate surface area is 80.3 Å². The first-order valence-electron chi connectivity index (χ1n) is 0.516. The first-order chi connectivity index (χ1) is 1.73. The van der Waals surface area contributed by atoms with Crippen molar-refractivity contribution in [2.45, 2.75) is 0 Å². The molecule has 0 aromatic rings. The predicted molar refractivity (Wildman–Crippen MR) is 11.4 cm³/mol. The molecular weight excluding hydrogens is 166 g/mol. The molecule has 0 aliphatic carbocycles. The van der Waals surface area contributed by atoms with Gasteiger partial charge in [-0.3, -0.25) is 0 Å². The zero-order valence-electron chi connectivity index (χ0n) is 2.67. The summed E-state index contributed by atoms with van der Waals surface area (Å²) in [6, 6.07) is 0. The molecule has 0 saturated heterocycles. The maximum absolute atomic E-state index is 8.56. The van der Waals surface area contributed by atoms with E-state index in [4.69, 9.17) is 13.0 Å². The van der Waals surface area contributed by atoms with Gasteiger partial charge in [-0.15, -0.1) is 0 Å². The van der Waals surface area contributed by atoms with Gasteiger partial charge < -0.3 is 13.0 Å². The maximum Gasteiger partial charge on any atom is 1.00 e. The van der Waals surface area contributed by atoms with Gasteiger partial charge in [-0.1, -0.05) is 0 Å². The van der Waals surface area contributed by atoms with Crippen molar-refractivity contribution >= 4 is 11.0 Å². The summed E-state index contributed by atoms with van der Waals surface area (Å²) in [6.07, 6.45) is 0. The monoisotopic (exact) mass is 166 g/mol. The standard InChI is InChI=1S/HO3S.Rb/c1-4(2)3;/h(H,1,2,3);/q-1;+1. The molecule has 0 atom stereocenters. The van der Waals surface area contributed by atoms with E-state index in [9.17, 15) is 0 Å². The molecule has 0 bridgehead atoms. The Morgan fingerprint density at radius 1 is 1.40 bits per heavy atom. The molecule has 0 unspecified atom stereocenters. The minimum Gasteiger partial charge on any atom is -0.439 e. The second kappa shape index (κ2) is 5.72. The van der Waals surface area contributed by atoms with Crippen molar-refractivity contribution in [3.05, 3.63) is 0 Å². The Balaban J connectivity index is 0. The van der Waals surface area contributed by atoms with E-state index < -0.39 is 11.0 Å². The minimum absolute atomic E-state index is 0. The fourth-order valence-electron chi connectivity index (χ4n) is 0. The summed E-state index contributed by atoms with van der Waals surface area (Å²) in [5.74, 6) is 0. The van der Waals surface area contributed by atoms with Gasteiger partial charge in [0.25, 0.3) is 0 Å². The molecular formula is HO3RbS. The first-order valence-corrected chi connectivity index (χ1v) is 1.55. The average Bonchev–Trinajstić information content (AvgIpc) is 0.811. The molecule has 3 nitrogen and oxygen atoms in total. The number of hydrogen-bond donors (Lipinski definition) is 1. The van der Waals surface area contributed by atoms with Crippen molar-refractivity contribution < 1.29 is 71.2 Å². The van der Waals surface area contributed by atoms with E-state index in [0.29, 0.717) is 0 Å². The second-order valence-corrected chi connectivity index (χ2v) is 0.651. The largest absolute Gasteiger partial charge is 1.00 e. The van der Waals surface area contributed by atoms with Crippen molar-refractivity contribution in [1.82, 2.24) is 0 Å². The summed E-state index contributed by atoms with van der Waals surface area (Å²) in [7, 11) is -2.86. The average molecular weight is 167 g/mol. The molecule has 0 aromatic heterocycles. The fraction of sp³-hybridized carbons (Fsp3) is 0. The van der Waals surface area contributed by atoms with Crippen LogP contribution in [0.3, 0.4) is 0 Å². The molecule has 0 spiro atoms. The topological polar surface area (TPSA) is 54.4 Å². The number of rotatable bonds is 0. The minimum atomic E-state index is -2.86. The van der Waals surface area contributed by atoms with E-state index in [-0.39, 0.29) is 58.2 Å². The van der Waals surface area contributed by atoms with Crippen LogP contribution in [-0.2, 0) is 19.4 Å². The van der Waals surface area contributed by atoms with Crippen LogP contribution in [0.2, 0.25) is 0 Å². The van der Waals surface area contributed by atoms with Gasteiger partial charge in [0.05, 0.1) is 0 Å². The number of hydrogen-bond acceptors (Lipinski definition) is 3. The van der Waals surface area contributed by atoms with E-state index in [1.807, 2.05) is 0 Å². The van der Waals surface area contributed by atoms with E-state index in [2.05, 4.69) is 0 Å². The van der Waals surface area contributed by atoms with Gasteiger partial charge in [-0.05, 0) is 0 Å². The van der Waals surface area contributed by atoms with Crippen molar-refractivity contribution in [1.29, 1.82) is 0 Å². The van der Waals surface area contributed by atoms with Crippen molar-refractivity contribution in [2.75, 3.05) is 0 Å². The predicted octanol–water partition coefficient (Wildman–Crippen LogP) is -3.23. The van der Waals surface area contributed by atoms with Gasteiger partial charge >= 0.3 is 58.2 Å². The Morgan fingerprint density at radius 3 is 1.40 bits per heavy atom. The third kappa shape index (κ3) is 26.8. The van der Waals surface area contributed by atoms with Crippen LogP contribution >= 0.6 is 0 Å². The summed E-state index contributed by atoms with van der Waals surface area (Å²) < 4.78 is 24.1. The third-order valence-corrected chi connectivity index (χ3v) is 0. The van der Waals surface area contributed by atoms with Crippen LogP contribution in [-0.4, -0.2) is 4.55 Å². The molecule has 0 heterocycles. The maximum atomic E-state index is 8.56. The molecule has 5 heteroatoms. The molecule has 0 aliphatic heterocycles. The first kappa shape index (κ1) is 9.87. The van der Waals surface area contributed by atoms with E-state index in [0.717, 1.165) is 0 Å². The molecule has 0 aromatic carbocycles. The second-order valence-electron chi connectivity index (χ2n) is 0.217. The van der Waals surface area contributed by atoms with Gasteiger partial charge in [0.2, 0.25) is 0 Å². The van der Waals surface area contributed by atoms with Gasteiger partial charge in [0.1, 0.15) is 0 Å². The van der Waals surface area contributed by atoms with Crippen LogP contribution in [0.15, 0.2) is 0 Å². The molecule has 5 heavy (non-hydrogen) atoms. The van der Waals surface area contributed by atoms with Gasteiger partial charge in [-0.2, -0.15) is 0 Å². The van der Waals surface area contributed by atoms with Crippen LogP contribution in [0.5, 0.6) is 0 Å². The molecule has 0 rings (SSSR count). The van der Waals surface area contributed by atoms with E-state index in [1.165, 1.54) is 0 Å². The third-order valence-electron chi connectivity index (χ3n) is 0. The fourth-order valence-corrected chi connectivity index (χ4v) is 0. The Bertz CT molecular complexity index is 55.3. The van der Waals surface area contributed by atoms with Crippen molar-refractivity contribution in [3.63, 3.8) is 0 Å². The van der Waals surface area contributed by atoms with E-state index in [1.54, 1.807) is 0 Å². The summed E-state index contributed by atoms with van der Waals surface area (Å²) >= 11 is 0. The van der Waals surface area contributed by atoms with Gasteiger partial charge in [0, 0.05) is 11.0 Å². The molecule has 1 N–H and O–H groups in total. The zero-order valence-corrected chi connectivity index (χ0v) is 8.40. The summed E-state index contributed by atoms with van der Waals surface area (Å²) in [6.45, 7) is 0. The summed E-state index contributed by atoms with van der Waals surface area (Å²) in [4.78, 5) is 0. The van der Waals surface area contributed by atoms with Crippen LogP contribution in [0.1, 0.15) is 0 Å². The molecule has 0 saturated carbocycles. The van der Waals surface area contributed by atoms with Crippen molar-refractivity contribution in [2.24, 2.45) is 0 Å². The van der Waals surface area contributed by atoms with Crippen LogP contribution in [0, 0.1) is 0 Å². The quantitative estimate of drug-likeness (QED) is 0.234. The Morgan fingerprint density at radius 2 is 1.40 bits per heavy atom. The molecule has 0 fully saturated rings. The summed E-state index contributed by atoms with van der Waals surface area (Å²) in [5, 5.41) is 0. The Hall–Kier alpha value is 1.72. The van der Waals surface area contributed by atoms with Crippen LogP contribution < -0.4 is 58.2 Å². The van der Waals surface area contributed by atoms with Gasteiger partial charge in [0.15, 0.2) is 0 Å². The molecule has 0 radical (unpaired) electrons. The molecule has 0 aliphatic rings. The summed E-state index contributed by atoms with van der Waals surface area (Å²) in [5.41, 5.74) is 0. The zero-order chi connectivity index (χ0) is 3.58. The Kier molecular flexibility index (Phi) is 11.3. The van der Waals surface area contributed by atoms with Crippen LogP contribution in [0.4, 0.5) is 0 Å². The smallest absolute Gasteiger partial charge is 0.439 e. The van der Waals surface area contributed by atoms with Crippen molar-refractivity contribution in [3.8, 4) is 0 Å². The molecule has 0 amide bonds. The van der Waals surface area contributed by atoms with E-state index >= 15 is 0 Å². The van der Waals surface area contributed by atoms with Gasteiger partial charge in [-0.25, -0.2) is 0 Å². The van der Waals surface area contributed by atoms with Crippen LogP contribution in [0.25, 0.3) is 0 Å². The molecule has 26 valence electrons.